The van der Waals surface area contributed by atoms with Gasteiger partial charge in [0.05, 0.1) is 23.5 Å². The Hall–Kier alpha value is -1.88. The van der Waals surface area contributed by atoms with E-state index in [0.717, 1.165) is 11.3 Å². The summed E-state index contributed by atoms with van der Waals surface area (Å²) in [6.07, 6.45) is 1.68. The second-order valence-electron chi connectivity index (χ2n) is 4.12. The quantitative estimate of drug-likeness (QED) is 0.844. The molecule has 0 fully saturated rings. The summed E-state index contributed by atoms with van der Waals surface area (Å²) < 4.78 is 27.2. The Labute approximate surface area is 127 Å². The Bertz CT molecular complexity index is 786. The molecule has 0 aliphatic heterocycles. The van der Waals surface area contributed by atoms with Gasteiger partial charge in [0.25, 0.3) is 10.0 Å². The lowest BCUT2D eigenvalue weighted by Gasteiger charge is -2.07. The van der Waals surface area contributed by atoms with E-state index in [0.29, 0.717) is 22.7 Å². The van der Waals surface area contributed by atoms with E-state index in [1.54, 1.807) is 31.2 Å². The Morgan fingerprint density at radius 1 is 1.38 bits per heavy atom. The summed E-state index contributed by atoms with van der Waals surface area (Å²) >= 11 is 1.11. The first-order chi connectivity index (χ1) is 10.0. The molecule has 2 rings (SSSR count). The van der Waals surface area contributed by atoms with Crippen LogP contribution in [0.25, 0.3) is 0 Å². The van der Waals surface area contributed by atoms with E-state index in [2.05, 4.69) is 21.5 Å². The molecule has 0 spiro atoms. The highest BCUT2D eigenvalue weighted by Gasteiger charge is 2.18. The summed E-state index contributed by atoms with van der Waals surface area (Å²) in [5.41, 5.74) is 0.977. The van der Waals surface area contributed by atoms with Crippen molar-refractivity contribution in [3.05, 3.63) is 41.0 Å². The van der Waals surface area contributed by atoms with Crippen LogP contribution >= 0.6 is 11.3 Å². The minimum atomic E-state index is -3.66. The molecule has 0 bridgehead atoms. The van der Waals surface area contributed by atoms with Crippen molar-refractivity contribution in [2.75, 3.05) is 11.3 Å². The summed E-state index contributed by atoms with van der Waals surface area (Å²) in [6.45, 7) is 1.72. The number of benzene rings is 1. The highest BCUT2D eigenvalue weighted by Crippen LogP contribution is 2.23. The number of para-hydroxylation sites is 1. The predicted molar refractivity (Wildman–Crippen MR) is 82.7 cm³/mol. The lowest BCUT2D eigenvalue weighted by Crippen LogP contribution is -2.12. The molecule has 0 radical (unpaired) electrons. The third-order valence-electron chi connectivity index (χ3n) is 2.50. The lowest BCUT2D eigenvalue weighted by molar-refractivity contribution is 0.305. The van der Waals surface area contributed by atoms with Gasteiger partial charge < -0.3 is 5.11 Å². The van der Waals surface area contributed by atoms with Gasteiger partial charge in [-0.1, -0.05) is 24.0 Å². The standard InChI is InChI=1S/C14H14N2O3S2/c1-11-15-10-14(20-11)21(18,19)16-13-8-3-2-6-12(13)7-4-5-9-17/h2-3,6,8,10,16-17H,5,9H2,1H3. The van der Waals surface area contributed by atoms with Gasteiger partial charge in [0.2, 0.25) is 0 Å². The summed E-state index contributed by atoms with van der Waals surface area (Å²) in [4.78, 5) is 3.95. The van der Waals surface area contributed by atoms with E-state index >= 15 is 0 Å². The van der Waals surface area contributed by atoms with Crippen LogP contribution in [-0.2, 0) is 10.0 Å². The summed E-state index contributed by atoms with van der Waals surface area (Å²) in [6, 6.07) is 6.87. The number of hydrogen-bond donors (Lipinski definition) is 2. The monoisotopic (exact) mass is 322 g/mol. The van der Waals surface area contributed by atoms with Gasteiger partial charge >= 0.3 is 0 Å². The molecule has 7 heteroatoms. The lowest BCUT2D eigenvalue weighted by atomic mass is 10.2. The van der Waals surface area contributed by atoms with Crippen LogP contribution in [-0.4, -0.2) is 25.1 Å². The number of aliphatic hydroxyl groups excluding tert-OH is 1. The zero-order valence-electron chi connectivity index (χ0n) is 11.3. The Morgan fingerprint density at radius 2 is 2.14 bits per heavy atom. The summed E-state index contributed by atoms with van der Waals surface area (Å²) in [7, 11) is -3.66. The largest absolute Gasteiger partial charge is 0.395 e. The first kappa shape index (κ1) is 15.5. The van der Waals surface area contributed by atoms with Gasteiger partial charge in [-0.3, -0.25) is 4.72 Å². The van der Waals surface area contributed by atoms with Crippen LogP contribution in [0.1, 0.15) is 17.0 Å². The van der Waals surface area contributed by atoms with Crippen molar-refractivity contribution in [1.29, 1.82) is 0 Å². The van der Waals surface area contributed by atoms with Crippen molar-refractivity contribution >= 4 is 27.0 Å². The second-order valence-corrected chi connectivity index (χ2v) is 7.27. The minimum absolute atomic E-state index is 0.0268. The van der Waals surface area contributed by atoms with Crippen LogP contribution in [0.2, 0.25) is 0 Å². The van der Waals surface area contributed by atoms with E-state index in [-0.39, 0.29) is 10.8 Å². The van der Waals surface area contributed by atoms with E-state index < -0.39 is 10.0 Å². The molecule has 0 aliphatic rings. The predicted octanol–water partition coefficient (Wildman–Crippen LogP) is 1.99. The molecule has 0 saturated heterocycles. The van der Waals surface area contributed by atoms with Crippen molar-refractivity contribution in [3.8, 4) is 11.8 Å². The third-order valence-corrected chi connectivity index (χ3v) is 5.24. The number of thiazole rings is 1. The molecule has 1 heterocycles. The molecule has 110 valence electrons. The number of aryl methyl sites for hydroxylation is 1. The first-order valence-electron chi connectivity index (χ1n) is 6.17. The summed E-state index contributed by atoms with van der Waals surface area (Å²) in [5, 5.41) is 9.42. The second kappa shape index (κ2) is 6.72. The van der Waals surface area contributed by atoms with Crippen LogP contribution in [0.4, 0.5) is 5.69 Å². The number of rotatable bonds is 4. The fraction of sp³-hybridized carbons (Fsp3) is 0.214. The number of aromatic nitrogens is 1. The van der Waals surface area contributed by atoms with Gasteiger partial charge in [-0.2, -0.15) is 0 Å². The molecule has 2 aromatic rings. The first-order valence-corrected chi connectivity index (χ1v) is 8.47. The van der Waals surface area contributed by atoms with E-state index in [1.807, 2.05) is 0 Å². The maximum absolute atomic E-state index is 12.3. The number of anilines is 1. The molecule has 21 heavy (non-hydrogen) atoms. The fourth-order valence-electron chi connectivity index (χ4n) is 1.56. The molecule has 2 N–H and O–H groups in total. The average Bonchev–Trinajstić information content (AvgIpc) is 2.88. The highest BCUT2D eigenvalue weighted by atomic mass is 32.2. The number of aliphatic hydroxyl groups is 1. The van der Waals surface area contributed by atoms with Crippen LogP contribution in [0.3, 0.4) is 0 Å². The average molecular weight is 322 g/mol. The minimum Gasteiger partial charge on any atom is -0.395 e. The molecule has 0 unspecified atom stereocenters. The van der Waals surface area contributed by atoms with Gasteiger partial charge in [-0.25, -0.2) is 13.4 Å². The maximum atomic E-state index is 12.3. The molecule has 0 saturated carbocycles. The van der Waals surface area contributed by atoms with E-state index in [4.69, 9.17) is 5.11 Å². The molecule has 1 aromatic carbocycles. The van der Waals surface area contributed by atoms with Crippen molar-refractivity contribution in [3.63, 3.8) is 0 Å². The van der Waals surface area contributed by atoms with Gasteiger partial charge in [0.15, 0.2) is 4.21 Å². The van der Waals surface area contributed by atoms with Crippen molar-refractivity contribution in [2.45, 2.75) is 17.6 Å². The van der Waals surface area contributed by atoms with Gasteiger partial charge in [0, 0.05) is 12.0 Å². The normalized spacial score (nSPS) is 10.8. The maximum Gasteiger partial charge on any atom is 0.273 e. The number of nitrogens with zero attached hydrogens (tertiary/aromatic N) is 1. The zero-order chi connectivity index (χ0) is 15.3. The van der Waals surface area contributed by atoms with Crippen LogP contribution in [0.15, 0.2) is 34.7 Å². The Balaban J connectivity index is 2.30. The fourth-order valence-corrected chi connectivity index (χ4v) is 3.74. The van der Waals surface area contributed by atoms with Crippen molar-refractivity contribution in [1.82, 2.24) is 4.98 Å². The number of sulfonamides is 1. The Kier molecular flexibility index (Phi) is 4.96. The van der Waals surface area contributed by atoms with Crippen LogP contribution in [0, 0.1) is 18.8 Å². The third kappa shape index (κ3) is 4.04. The SMILES string of the molecule is Cc1ncc(S(=O)(=O)Nc2ccccc2C#CCCO)s1. The number of nitrogens with one attached hydrogen (secondary N) is 1. The van der Waals surface area contributed by atoms with Gasteiger partial charge in [-0.05, 0) is 19.1 Å². The molecule has 0 amide bonds. The Morgan fingerprint density at radius 3 is 2.81 bits per heavy atom. The van der Waals surface area contributed by atoms with Crippen molar-refractivity contribution in [2.24, 2.45) is 0 Å². The van der Waals surface area contributed by atoms with Crippen molar-refractivity contribution < 1.29 is 13.5 Å². The molecule has 1 aromatic heterocycles. The van der Waals surface area contributed by atoms with E-state index in [9.17, 15) is 8.42 Å². The topological polar surface area (TPSA) is 79.3 Å². The molecule has 5 nitrogen and oxygen atoms in total. The van der Waals surface area contributed by atoms with Gasteiger partial charge in [-0.15, -0.1) is 11.3 Å². The highest BCUT2D eigenvalue weighted by molar-refractivity contribution is 7.94. The molecule has 0 aliphatic carbocycles. The summed E-state index contributed by atoms with van der Waals surface area (Å²) in [5.74, 6) is 5.62. The molecular weight excluding hydrogens is 308 g/mol. The zero-order valence-corrected chi connectivity index (χ0v) is 13.0. The van der Waals surface area contributed by atoms with Crippen LogP contribution < -0.4 is 4.72 Å². The smallest absolute Gasteiger partial charge is 0.273 e. The van der Waals surface area contributed by atoms with E-state index in [1.165, 1.54) is 6.20 Å². The van der Waals surface area contributed by atoms with Crippen LogP contribution in [0.5, 0.6) is 0 Å². The molecular formula is C14H14N2O3S2. The number of hydrogen-bond acceptors (Lipinski definition) is 5. The molecule has 0 atom stereocenters. The van der Waals surface area contributed by atoms with Gasteiger partial charge in [0.1, 0.15) is 0 Å².